The fourth-order valence-corrected chi connectivity index (χ4v) is 2.46. The van der Waals surface area contributed by atoms with E-state index in [2.05, 4.69) is 4.98 Å². The SMILES string of the molecule is NC(=O)c1cc(-c2ccc(Oc3ccc(F)cc3)cc2)cc([C@H](O)CO)n1. The molecule has 0 radical (unpaired) electrons. The Bertz CT molecular complexity index is 943. The highest BCUT2D eigenvalue weighted by Gasteiger charge is 2.14. The lowest BCUT2D eigenvalue weighted by atomic mass is 10.0. The predicted molar refractivity (Wildman–Crippen MR) is 96.7 cm³/mol. The highest BCUT2D eigenvalue weighted by Crippen LogP contribution is 2.27. The van der Waals surface area contributed by atoms with Gasteiger partial charge >= 0.3 is 0 Å². The lowest BCUT2D eigenvalue weighted by Gasteiger charge is -2.12. The highest BCUT2D eigenvalue weighted by molar-refractivity contribution is 5.92. The first-order chi connectivity index (χ1) is 13.0. The van der Waals surface area contributed by atoms with Gasteiger partial charge in [0.1, 0.15) is 29.1 Å². The number of halogens is 1. The summed E-state index contributed by atoms with van der Waals surface area (Å²) in [6.07, 6.45) is -1.22. The molecule has 1 amide bonds. The second-order valence-electron chi connectivity index (χ2n) is 5.81. The lowest BCUT2D eigenvalue weighted by molar-refractivity contribution is 0.0912. The number of carbonyl (C=O) groups is 1. The summed E-state index contributed by atoms with van der Waals surface area (Å²) in [6.45, 7) is -0.529. The molecule has 3 aromatic rings. The average molecular weight is 368 g/mol. The largest absolute Gasteiger partial charge is 0.457 e. The number of pyridine rings is 1. The molecule has 0 fully saturated rings. The van der Waals surface area contributed by atoms with E-state index in [0.717, 1.165) is 5.56 Å². The number of rotatable bonds is 6. The molecule has 0 aliphatic heterocycles. The van der Waals surface area contributed by atoms with Gasteiger partial charge < -0.3 is 20.7 Å². The molecule has 7 heteroatoms. The van der Waals surface area contributed by atoms with Crippen molar-refractivity contribution in [3.8, 4) is 22.6 Å². The first-order valence-electron chi connectivity index (χ1n) is 8.11. The van der Waals surface area contributed by atoms with E-state index < -0.39 is 18.6 Å². The minimum atomic E-state index is -1.22. The van der Waals surface area contributed by atoms with Gasteiger partial charge in [0.15, 0.2) is 0 Å². The van der Waals surface area contributed by atoms with Crippen molar-refractivity contribution in [1.29, 1.82) is 0 Å². The number of nitrogens with two attached hydrogens (primary N) is 1. The molecule has 3 rings (SSSR count). The van der Waals surface area contributed by atoms with E-state index in [0.29, 0.717) is 17.1 Å². The monoisotopic (exact) mass is 368 g/mol. The van der Waals surface area contributed by atoms with Gasteiger partial charge in [0.2, 0.25) is 0 Å². The van der Waals surface area contributed by atoms with Crippen LogP contribution in [0, 0.1) is 5.82 Å². The number of ether oxygens (including phenoxy) is 1. The molecule has 0 aliphatic carbocycles. The normalized spacial score (nSPS) is 11.8. The van der Waals surface area contributed by atoms with Gasteiger partial charge in [-0.2, -0.15) is 0 Å². The van der Waals surface area contributed by atoms with Gasteiger partial charge in [-0.1, -0.05) is 12.1 Å². The molecule has 138 valence electrons. The molecule has 1 aromatic heterocycles. The number of benzene rings is 2. The number of aliphatic hydroxyl groups excluding tert-OH is 2. The van der Waals surface area contributed by atoms with Gasteiger partial charge in [0.25, 0.3) is 5.91 Å². The Morgan fingerprint density at radius 2 is 1.63 bits per heavy atom. The molecule has 0 aliphatic rings. The molecule has 0 saturated carbocycles. The third-order valence-corrected chi connectivity index (χ3v) is 3.85. The highest BCUT2D eigenvalue weighted by atomic mass is 19.1. The summed E-state index contributed by atoms with van der Waals surface area (Å²) >= 11 is 0. The van der Waals surface area contributed by atoms with E-state index >= 15 is 0 Å². The van der Waals surface area contributed by atoms with Gasteiger partial charge in [-0.15, -0.1) is 0 Å². The summed E-state index contributed by atoms with van der Waals surface area (Å²) in [7, 11) is 0. The lowest BCUT2D eigenvalue weighted by Crippen LogP contribution is -2.16. The minimum absolute atomic E-state index is 0.0124. The Morgan fingerprint density at radius 1 is 1.04 bits per heavy atom. The van der Waals surface area contributed by atoms with Crippen LogP contribution >= 0.6 is 0 Å². The summed E-state index contributed by atoms with van der Waals surface area (Å²) in [6, 6.07) is 15.7. The van der Waals surface area contributed by atoms with Crippen LogP contribution < -0.4 is 10.5 Å². The summed E-state index contributed by atoms with van der Waals surface area (Å²) in [4.78, 5) is 15.5. The number of nitrogens with zero attached hydrogens (tertiary/aromatic N) is 1. The molecule has 1 atom stereocenters. The minimum Gasteiger partial charge on any atom is -0.457 e. The molecular weight excluding hydrogens is 351 g/mol. The maximum atomic E-state index is 12.9. The Labute approximate surface area is 154 Å². The zero-order valence-electron chi connectivity index (χ0n) is 14.2. The summed E-state index contributed by atoms with van der Waals surface area (Å²) in [5, 5.41) is 18.9. The van der Waals surface area contributed by atoms with Crippen molar-refractivity contribution < 1.29 is 24.1 Å². The fourth-order valence-electron chi connectivity index (χ4n) is 2.46. The van der Waals surface area contributed by atoms with Gasteiger partial charge in [-0.3, -0.25) is 4.79 Å². The first kappa shape index (κ1) is 18.5. The fraction of sp³-hybridized carbons (Fsp3) is 0.100. The second kappa shape index (κ2) is 7.94. The van der Waals surface area contributed by atoms with Crippen molar-refractivity contribution in [2.75, 3.05) is 6.61 Å². The van der Waals surface area contributed by atoms with Crippen molar-refractivity contribution in [2.45, 2.75) is 6.10 Å². The standard InChI is InChI=1S/C20H17FN2O4/c21-14-3-7-16(8-4-14)27-15-5-1-12(2-6-15)13-9-17(19(25)11-24)23-18(10-13)20(22)26/h1-10,19,24-25H,11H2,(H2,22,26)/t19-/m1/s1. The predicted octanol–water partition coefficient (Wildman–Crippen LogP) is 2.80. The van der Waals surface area contributed by atoms with Crippen molar-refractivity contribution in [2.24, 2.45) is 5.73 Å². The maximum absolute atomic E-state index is 12.9. The zero-order chi connectivity index (χ0) is 19.4. The molecule has 0 bridgehead atoms. The molecule has 0 saturated heterocycles. The molecule has 27 heavy (non-hydrogen) atoms. The van der Waals surface area contributed by atoms with Crippen LogP contribution in [0.5, 0.6) is 11.5 Å². The van der Waals surface area contributed by atoms with E-state index in [1.807, 2.05) is 0 Å². The van der Waals surface area contributed by atoms with Crippen LogP contribution in [0.25, 0.3) is 11.1 Å². The quantitative estimate of drug-likeness (QED) is 0.620. The molecule has 0 spiro atoms. The van der Waals surface area contributed by atoms with Gasteiger partial charge in [-0.05, 0) is 59.7 Å². The zero-order valence-corrected chi connectivity index (χ0v) is 14.2. The van der Waals surface area contributed by atoms with Crippen molar-refractivity contribution in [3.63, 3.8) is 0 Å². The van der Waals surface area contributed by atoms with E-state index in [4.69, 9.17) is 15.6 Å². The third kappa shape index (κ3) is 4.46. The van der Waals surface area contributed by atoms with E-state index in [9.17, 15) is 14.3 Å². The molecule has 1 heterocycles. The van der Waals surface area contributed by atoms with Gasteiger partial charge in [-0.25, -0.2) is 9.37 Å². The summed E-state index contributed by atoms with van der Waals surface area (Å²) < 4.78 is 18.6. The number of aromatic nitrogens is 1. The number of carbonyl (C=O) groups excluding carboxylic acids is 1. The Kier molecular flexibility index (Phi) is 5.44. The van der Waals surface area contributed by atoms with Gasteiger partial charge in [0.05, 0.1) is 12.3 Å². The Balaban J connectivity index is 1.88. The average Bonchev–Trinajstić information content (AvgIpc) is 2.69. The number of amides is 1. The maximum Gasteiger partial charge on any atom is 0.267 e. The summed E-state index contributed by atoms with van der Waals surface area (Å²) in [5.74, 6) is -0.0383. The molecule has 6 nitrogen and oxygen atoms in total. The smallest absolute Gasteiger partial charge is 0.267 e. The van der Waals surface area contributed by atoms with Crippen LogP contribution in [0.1, 0.15) is 22.3 Å². The van der Waals surface area contributed by atoms with E-state index in [1.165, 1.54) is 30.3 Å². The number of primary amides is 1. The van der Waals surface area contributed by atoms with E-state index in [1.54, 1.807) is 30.3 Å². The van der Waals surface area contributed by atoms with Crippen molar-refractivity contribution in [3.05, 3.63) is 77.9 Å². The van der Waals surface area contributed by atoms with Crippen LogP contribution in [-0.2, 0) is 0 Å². The Hall–Kier alpha value is -3.29. The molecule has 4 N–H and O–H groups in total. The summed E-state index contributed by atoms with van der Waals surface area (Å²) in [5.41, 5.74) is 6.78. The first-order valence-corrected chi connectivity index (χ1v) is 8.11. The number of hydrogen-bond donors (Lipinski definition) is 3. The van der Waals surface area contributed by atoms with E-state index in [-0.39, 0.29) is 17.2 Å². The third-order valence-electron chi connectivity index (χ3n) is 3.85. The van der Waals surface area contributed by atoms with Crippen LogP contribution in [0.15, 0.2) is 60.7 Å². The van der Waals surface area contributed by atoms with Crippen LogP contribution in [0.2, 0.25) is 0 Å². The van der Waals surface area contributed by atoms with Crippen LogP contribution in [0.4, 0.5) is 4.39 Å². The van der Waals surface area contributed by atoms with Crippen LogP contribution in [0.3, 0.4) is 0 Å². The van der Waals surface area contributed by atoms with Gasteiger partial charge in [0, 0.05) is 0 Å². The van der Waals surface area contributed by atoms with Crippen molar-refractivity contribution >= 4 is 5.91 Å². The molecule has 0 unspecified atom stereocenters. The number of aliphatic hydroxyl groups is 2. The van der Waals surface area contributed by atoms with Crippen LogP contribution in [-0.4, -0.2) is 27.7 Å². The van der Waals surface area contributed by atoms with Crippen molar-refractivity contribution in [1.82, 2.24) is 4.98 Å². The topological polar surface area (TPSA) is 106 Å². The Morgan fingerprint density at radius 3 is 2.19 bits per heavy atom. The molecule has 2 aromatic carbocycles. The second-order valence-corrected chi connectivity index (χ2v) is 5.81. The number of hydrogen-bond acceptors (Lipinski definition) is 5. The molecular formula is C20H17FN2O4.